The fraction of sp³-hybridized carbons (Fsp3) is 0.613. The minimum Gasteiger partial charge on any atom is -0.462 e. The highest BCUT2D eigenvalue weighted by atomic mass is 16.6. The molecular weight excluding hydrogens is 997 g/mol. The van der Waals surface area contributed by atoms with E-state index < -0.39 is 6.10 Å². The van der Waals surface area contributed by atoms with Gasteiger partial charge in [0.1, 0.15) is 13.2 Å². The molecule has 0 amide bonds. The van der Waals surface area contributed by atoms with Gasteiger partial charge >= 0.3 is 17.9 Å². The van der Waals surface area contributed by atoms with E-state index >= 15 is 0 Å². The fourth-order valence-electron chi connectivity index (χ4n) is 8.69. The van der Waals surface area contributed by atoms with Crippen LogP contribution in [0.4, 0.5) is 0 Å². The predicted octanol–water partition coefficient (Wildman–Crippen LogP) is 22.9. The Bertz CT molecular complexity index is 1810. The van der Waals surface area contributed by atoms with Gasteiger partial charge in [-0.05, 0) is 141 Å². The Morgan fingerprint density at radius 3 is 0.691 bits per heavy atom. The predicted molar refractivity (Wildman–Crippen MR) is 352 cm³/mol. The number of carbonyl (C=O) groups excluding carboxylic acids is 3. The molecule has 81 heavy (non-hydrogen) atoms. The highest BCUT2D eigenvalue weighted by Crippen LogP contribution is 2.15. The average Bonchev–Trinajstić information content (AvgIpc) is 3.47. The van der Waals surface area contributed by atoms with Crippen LogP contribution in [0, 0.1) is 0 Å². The lowest BCUT2D eigenvalue weighted by Gasteiger charge is -2.18. The Kier molecular flexibility index (Phi) is 63.4. The van der Waals surface area contributed by atoms with E-state index in [-0.39, 0.29) is 37.5 Å². The minimum atomic E-state index is -0.810. The molecule has 6 heteroatoms. The van der Waals surface area contributed by atoms with Crippen molar-refractivity contribution in [3.05, 3.63) is 158 Å². The molecule has 0 rings (SSSR count). The van der Waals surface area contributed by atoms with Gasteiger partial charge in [0.25, 0.3) is 0 Å². The minimum absolute atomic E-state index is 0.102. The number of rotatable bonds is 58. The second-order valence-electron chi connectivity index (χ2n) is 21.2. The van der Waals surface area contributed by atoms with Crippen LogP contribution in [0.15, 0.2) is 158 Å². The molecule has 0 spiro atoms. The summed E-state index contributed by atoms with van der Waals surface area (Å²) in [4.78, 5) is 38.4. The van der Waals surface area contributed by atoms with Gasteiger partial charge in [-0.3, -0.25) is 14.4 Å². The SMILES string of the molecule is CC/C=C\C/C=C\C/C=C\C/C=C\C/C=C\CCCCCCCCCCCCCCCC(=O)OCC(COC(=O)CCCCCC/C=C\C/C=C\C/C=C\C/C=C\CC)OC(=O)CCCCCC/C=C\C/C=C\C/C=C\C/C=C\CC. The highest BCUT2D eigenvalue weighted by molar-refractivity contribution is 5.71. The van der Waals surface area contributed by atoms with Gasteiger partial charge in [0.2, 0.25) is 0 Å². The summed E-state index contributed by atoms with van der Waals surface area (Å²) in [5.41, 5.74) is 0. The number of hydrogen-bond acceptors (Lipinski definition) is 6. The number of allylic oxidation sites excluding steroid dienone is 26. The zero-order valence-electron chi connectivity index (χ0n) is 52.2. The smallest absolute Gasteiger partial charge is 0.306 e. The van der Waals surface area contributed by atoms with Crippen molar-refractivity contribution in [3.63, 3.8) is 0 Å². The maximum atomic E-state index is 12.9. The lowest BCUT2D eigenvalue weighted by Crippen LogP contribution is -2.30. The van der Waals surface area contributed by atoms with Crippen LogP contribution in [0.2, 0.25) is 0 Å². The van der Waals surface area contributed by atoms with Crippen LogP contribution in [-0.2, 0) is 28.6 Å². The van der Waals surface area contributed by atoms with E-state index in [4.69, 9.17) is 14.2 Å². The van der Waals surface area contributed by atoms with E-state index in [9.17, 15) is 14.4 Å². The maximum absolute atomic E-state index is 12.9. The Morgan fingerprint density at radius 2 is 0.444 bits per heavy atom. The van der Waals surface area contributed by atoms with Crippen LogP contribution < -0.4 is 0 Å². The molecule has 0 fully saturated rings. The van der Waals surface area contributed by atoms with Crippen LogP contribution in [0.3, 0.4) is 0 Å². The van der Waals surface area contributed by atoms with E-state index in [2.05, 4.69) is 179 Å². The molecule has 6 nitrogen and oxygen atoms in total. The Labute approximate surface area is 499 Å². The third-order valence-electron chi connectivity index (χ3n) is 13.5. The van der Waals surface area contributed by atoms with Crippen molar-refractivity contribution < 1.29 is 28.6 Å². The van der Waals surface area contributed by atoms with Gasteiger partial charge < -0.3 is 14.2 Å². The molecule has 0 bridgehead atoms. The summed E-state index contributed by atoms with van der Waals surface area (Å²) in [6.07, 6.45) is 98.2. The molecule has 0 aliphatic carbocycles. The van der Waals surface area contributed by atoms with Crippen molar-refractivity contribution in [2.75, 3.05) is 13.2 Å². The van der Waals surface area contributed by atoms with Gasteiger partial charge in [0, 0.05) is 19.3 Å². The molecule has 1 unspecified atom stereocenters. The third-order valence-corrected chi connectivity index (χ3v) is 13.5. The molecule has 0 radical (unpaired) electrons. The van der Waals surface area contributed by atoms with Gasteiger partial charge in [-0.25, -0.2) is 0 Å². The molecule has 1 atom stereocenters. The summed E-state index contributed by atoms with van der Waals surface area (Å²) in [6.45, 7) is 6.26. The van der Waals surface area contributed by atoms with Crippen LogP contribution in [-0.4, -0.2) is 37.2 Å². The Morgan fingerprint density at radius 1 is 0.247 bits per heavy atom. The lowest BCUT2D eigenvalue weighted by molar-refractivity contribution is -0.167. The van der Waals surface area contributed by atoms with Crippen molar-refractivity contribution in [1.29, 1.82) is 0 Å². The van der Waals surface area contributed by atoms with E-state index in [1.165, 1.54) is 70.6 Å². The largest absolute Gasteiger partial charge is 0.462 e. The first-order valence-electron chi connectivity index (χ1n) is 33.0. The lowest BCUT2D eigenvalue weighted by atomic mass is 10.0. The van der Waals surface area contributed by atoms with Gasteiger partial charge in [-0.1, -0.05) is 275 Å². The molecule has 0 aliphatic rings. The van der Waals surface area contributed by atoms with Crippen LogP contribution >= 0.6 is 0 Å². The molecule has 456 valence electrons. The Balaban J connectivity index is 4.38. The molecule has 0 aliphatic heterocycles. The van der Waals surface area contributed by atoms with E-state index in [1.807, 2.05) is 0 Å². The molecule has 0 N–H and O–H groups in total. The second kappa shape index (κ2) is 67.5. The number of carbonyl (C=O) groups is 3. The first-order chi connectivity index (χ1) is 40.0. The zero-order chi connectivity index (χ0) is 58.5. The van der Waals surface area contributed by atoms with Crippen molar-refractivity contribution in [2.24, 2.45) is 0 Å². The van der Waals surface area contributed by atoms with Crippen molar-refractivity contribution in [1.82, 2.24) is 0 Å². The quantitative estimate of drug-likeness (QED) is 0.0261. The van der Waals surface area contributed by atoms with Gasteiger partial charge in [-0.2, -0.15) is 0 Å². The first-order valence-corrected chi connectivity index (χ1v) is 33.0. The average molecular weight is 1120 g/mol. The molecule has 0 aromatic heterocycles. The summed E-state index contributed by atoms with van der Waals surface area (Å²) in [5.74, 6) is -0.952. The Hall–Kier alpha value is -4.97. The summed E-state index contributed by atoms with van der Waals surface area (Å²) in [5, 5.41) is 0. The normalized spacial score (nSPS) is 13.2. The van der Waals surface area contributed by atoms with E-state index in [0.29, 0.717) is 12.8 Å². The topological polar surface area (TPSA) is 78.9 Å². The van der Waals surface area contributed by atoms with Crippen molar-refractivity contribution in [3.8, 4) is 0 Å². The van der Waals surface area contributed by atoms with Crippen LogP contribution in [0.25, 0.3) is 0 Å². The monoisotopic (exact) mass is 1120 g/mol. The summed E-state index contributed by atoms with van der Waals surface area (Å²) in [6, 6.07) is 0. The van der Waals surface area contributed by atoms with Gasteiger partial charge in [-0.15, -0.1) is 0 Å². The van der Waals surface area contributed by atoms with Gasteiger partial charge in [0.05, 0.1) is 0 Å². The molecule has 0 saturated carbocycles. The molecular formula is C75H120O6. The number of ether oxygens (including phenoxy) is 3. The van der Waals surface area contributed by atoms with Gasteiger partial charge in [0.15, 0.2) is 6.10 Å². The molecule has 0 aromatic rings. The third kappa shape index (κ3) is 65.7. The second-order valence-corrected chi connectivity index (χ2v) is 21.2. The zero-order valence-corrected chi connectivity index (χ0v) is 52.2. The fourth-order valence-corrected chi connectivity index (χ4v) is 8.69. The number of unbranched alkanes of at least 4 members (excludes halogenated alkanes) is 21. The summed E-state index contributed by atoms with van der Waals surface area (Å²) < 4.78 is 16.9. The van der Waals surface area contributed by atoms with E-state index in [0.717, 1.165) is 167 Å². The number of hydrogen-bond donors (Lipinski definition) is 0. The highest BCUT2D eigenvalue weighted by Gasteiger charge is 2.19. The summed E-state index contributed by atoms with van der Waals surface area (Å²) >= 11 is 0. The summed E-state index contributed by atoms with van der Waals surface area (Å²) in [7, 11) is 0. The van der Waals surface area contributed by atoms with Crippen molar-refractivity contribution in [2.45, 2.75) is 284 Å². The number of esters is 3. The molecule has 0 aromatic carbocycles. The molecule has 0 heterocycles. The standard InChI is InChI=1S/C75H120O6/c1-4-7-10-13-16-19-22-25-28-31-32-33-34-35-36-37-38-39-40-41-42-45-47-50-53-56-59-62-65-68-74(77)80-71-72(81-75(78)69-66-63-60-57-54-51-48-44-30-27-24-21-18-15-12-9-6-3)70-79-73(76)67-64-61-58-55-52-49-46-43-29-26-23-20-17-14-11-8-5-2/h7-12,16-21,25-30,32-33,35-36,46,48-49,51,72H,4-6,13-15,22-24,31,34,37-45,47,50,52-71H2,1-3H3/b10-7-,11-8-,12-9-,19-16-,20-17-,21-18-,28-25-,29-26-,30-27-,33-32-,36-35-,49-46-,51-48-. The van der Waals surface area contributed by atoms with Crippen LogP contribution in [0.1, 0.15) is 278 Å². The molecule has 0 saturated heterocycles. The van der Waals surface area contributed by atoms with E-state index in [1.54, 1.807) is 0 Å². The first kappa shape index (κ1) is 76.0. The maximum Gasteiger partial charge on any atom is 0.306 e. The van der Waals surface area contributed by atoms with Crippen molar-refractivity contribution >= 4 is 17.9 Å². The van der Waals surface area contributed by atoms with Crippen LogP contribution in [0.5, 0.6) is 0 Å².